The first-order valence-corrected chi connectivity index (χ1v) is 10.8. The number of aromatic nitrogens is 3. The molecule has 4 rings (SSSR count). The third kappa shape index (κ3) is 4.93. The van der Waals surface area contributed by atoms with Crippen LogP contribution in [0.5, 0.6) is 11.5 Å². The van der Waals surface area contributed by atoms with Crippen LogP contribution < -0.4 is 20.1 Å². The molecule has 0 radical (unpaired) electrons. The second-order valence-corrected chi connectivity index (χ2v) is 7.73. The van der Waals surface area contributed by atoms with Gasteiger partial charge in [0.05, 0.1) is 25.6 Å². The number of benzene rings is 2. The zero-order valence-electron chi connectivity index (χ0n) is 17.8. The molecular formula is C22H20FN5O4S. The van der Waals surface area contributed by atoms with Crippen molar-refractivity contribution in [3.8, 4) is 22.9 Å². The number of carbonyl (C=O) groups excluding carboxylic acids is 2. The fraction of sp³-hybridized carbons (Fsp3) is 0.182. The van der Waals surface area contributed by atoms with Gasteiger partial charge in [0.25, 0.3) is 0 Å². The highest BCUT2D eigenvalue weighted by atomic mass is 32.1. The first kappa shape index (κ1) is 22.2. The minimum absolute atomic E-state index is 0.215. The Balaban J connectivity index is 1.36. The summed E-state index contributed by atoms with van der Waals surface area (Å²) in [6.45, 7) is 0.215. The van der Waals surface area contributed by atoms with E-state index in [1.807, 2.05) is 5.38 Å². The van der Waals surface area contributed by atoms with E-state index in [9.17, 15) is 14.0 Å². The van der Waals surface area contributed by atoms with Gasteiger partial charge in [-0.25, -0.2) is 8.91 Å². The van der Waals surface area contributed by atoms with Crippen molar-refractivity contribution >= 4 is 33.8 Å². The fourth-order valence-corrected chi connectivity index (χ4v) is 3.97. The Morgan fingerprint density at radius 3 is 2.73 bits per heavy atom. The molecule has 2 aromatic carbocycles. The second kappa shape index (κ2) is 9.65. The highest BCUT2D eigenvalue weighted by Gasteiger charge is 2.17. The number of carbonyl (C=O) groups is 2. The van der Waals surface area contributed by atoms with Gasteiger partial charge in [-0.05, 0) is 24.3 Å². The zero-order valence-corrected chi connectivity index (χ0v) is 18.6. The summed E-state index contributed by atoms with van der Waals surface area (Å²) >= 11 is 1.39. The van der Waals surface area contributed by atoms with Crippen LogP contribution in [0.3, 0.4) is 0 Å². The normalized spacial score (nSPS) is 10.8. The van der Waals surface area contributed by atoms with Crippen LogP contribution in [-0.4, -0.2) is 47.2 Å². The molecule has 0 saturated carbocycles. The smallest absolute Gasteiger partial charge is 0.313 e. The topological polar surface area (TPSA) is 107 Å². The number of hydrogen-bond acceptors (Lipinski definition) is 7. The molecule has 0 aliphatic carbocycles. The van der Waals surface area contributed by atoms with Gasteiger partial charge in [-0.1, -0.05) is 12.1 Å². The van der Waals surface area contributed by atoms with E-state index < -0.39 is 11.8 Å². The maximum Gasteiger partial charge on any atom is 0.313 e. The first-order chi connectivity index (χ1) is 16.0. The zero-order chi connectivity index (χ0) is 23.4. The van der Waals surface area contributed by atoms with Crippen LogP contribution in [0.2, 0.25) is 0 Å². The van der Waals surface area contributed by atoms with Crippen molar-refractivity contribution in [3.05, 3.63) is 59.4 Å². The average molecular weight is 469 g/mol. The standard InChI is InChI=1S/C22H20FN5O4S/c1-31-16-6-7-17(18(11-16)32-2)25-21(30)20(29)24-9-8-15-12-33-22-26-19(27-28(15)22)13-4-3-5-14(23)10-13/h3-7,10-12H,8-9H2,1-2H3,(H,24,29)(H,25,30). The van der Waals surface area contributed by atoms with Crippen molar-refractivity contribution in [2.75, 3.05) is 26.1 Å². The molecule has 4 aromatic rings. The molecule has 0 saturated heterocycles. The van der Waals surface area contributed by atoms with Crippen molar-refractivity contribution in [2.24, 2.45) is 0 Å². The van der Waals surface area contributed by atoms with Gasteiger partial charge in [0.1, 0.15) is 17.3 Å². The second-order valence-electron chi connectivity index (χ2n) is 6.89. The Bertz CT molecular complexity index is 1320. The minimum atomic E-state index is -0.817. The molecule has 33 heavy (non-hydrogen) atoms. The number of anilines is 1. The van der Waals surface area contributed by atoms with E-state index in [0.717, 1.165) is 5.69 Å². The van der Waals surface area contributed by atoms with Gasteiger partial charge in [0.2, 0.25) is 4.96 Å². The molecule has 170 valence electrons. The Hall–Kier alpha value is -3.99. The number of methoxy groups -OCH3 is 2. The molecule has 2 amide bonds. The lowest BCUT2D eigenvalue weighted by atomic mass is 10.2. The monoisotopic (exact) mass is 469 g/mol. The minimum Gasteiger partial charge on any atom is -0.497 e. The number of thiazole rings is 1. The van der Waals surface area contributed by atoms with Gasteiger partial charge < -0.3 is 20.1 Å². The summed E-state index contributed by atoms with van der Waals surface area (Å²) < 4.78 is 25.5. The Morgan fingerprint density at radius 2 is 1.97 bits per heavy atom. The van der Waals surface area contributed by atoms with Gasteiger partial charge in [-0.3, -0.25) is 9.59 Å². The van der Waals surface area contributed by atoms with E-state index in [0.29, 0.717) is 40.0 Å². The quantitative estimate of drug-likeness (QED) is 0.403. The van der Waals surface area contributed by atoms with Gasteiger partial charge in [-0.2, -0.15) is 4.98 Å². The van der Waals surface area contributed by atoms with Crippen molar-refractivity contribution in [3.63, 3.8) is 0 Å². The number of ether oxygens (including phenoxy) is 2. The summed E-state index contributed by atoms with van der Waals surface area (Å²) in [5.74, 6) is -0.610. The van der Waals surface area contributed by atoms with E-state index >= 15 is 0 Å². The molecule has 2 aromatic heterocycles. The SMILES string of the molecule is COc1ccc(NC(=O)C(=O)NCCc2csc3nc(-c4cccc(F)c4)nn23)c(OC)c1. The molecular weight excluding hydrogens is 449 g/mol. The number of hydrogen-bond donors (Lipinski definition) is 2. The summed E-state index contributed by atoms with van der Waals surface area (Å²) in [7, 11) is 2.97. The molecule has 2 N–H and O–H groups in total. The molecule has 11 heteroatoms. The number of fused-ring (bicyclic) bond motifs is 1. The summed E-state index contributed by atoms with van der Waals surface area (Å²) in [5.41, 5.74) is 1.74. The van der Waals surface area contributed by atoms with Crippen molar-refractivity contribution in [1.82, 2.24) is 19.9 Å². The third-order valence-corrected chi connectivity index (χ3v) is 5.63. The Morgan fingerprint density at radius 1 is 1.12 bits per heavy atom. The largest absolute Gasteiger partial charge is 0.497 e. The lowest BCUT2D eigenvalue weighted by Crippen LogP contribution is -2.36. The fourth-order valence-electron chi connectivity index (χ4n) is 3.11. The molecule has 2 heterocycles. The molecule has 0 unspecified atom stereocenters. The summed E-state index contributed by atoms with van der Waals surface area (Å²) in [5, 5.41) is 11.4. The van der Waals surface area contributed by atoms with Crippen LogP contribution in [0, 0.1) is 5.82 Å². The van der Waals surface area contributed by atoms with Crippen molar-refractivity contribution in [1.29, 1.82) is 0 Å². The molecule has 9 nitrogen and oxygen atoms in total. The van der Waals surface area contributed by atoms with Gasteiger partial charge in [0.15, 0.2) is 5.82 Å². The van der Waals surface area contributed by atoms with E-state index in [1.54, 1.807) is 34.8 Å². The lowest BCUT2D eigenvalue weighted by Gasteiger charge is -2.11. The number of amides is 2. The molecule has 0 atom stereocenters. The number of nitrogens with one attached hydrogen (secondary N) is 2. The van der Waals surface area contributed by atoms with E-state index in [1.165, 1.54) is 37.7 Å². The molecule has 0 spiro atoms. The van der Waals surface area contributed by atoms with Crippen LogP contribution in [0.4, 0.5) is 10.1 Å². The molecule has 0 bridgehead atoms. The predicted molar refractivity (Wildman–Crippen MR) is 121 cm³/mol. The maximum absolute atomic E-state index is 13.5. The van der Waals surface area contributed by atoms with Gasteiger partial charge >= 0.3 is 11.8 Å². The summed E-state index contributed by atoms with van der Waals surface area (Å²) in [6.07, 6.45) is 0.427. The summed E-state index contributed by atoms with van der Waals surface area (Å²) in [6, 6.07) is 10.9. The molecule has 0 aliphatic heterocycles. The highest BCUT2D eigenvalue weighted by Crippen LogP contribution is 2.29. The van der Waals surface area contributed by atoms with Crippen LogP contribution in [0.25, 0.3) is 16.3 Å². The van der Waals surface area contributed by atoms with Crippen molar-refractivity contribution in [2.45, 2.75) is 6.42 Å². The number of rotatable bonds is 7. The lowest BCUT2D eigenvalue weighted by molar-refractivity contribution is -0.136. The first-order valence-electron chi connectivity index (χ1n) is 9.89. The van der Waals surface area contributed by atoms with Gasteiger partial charge in [0, 0.05) is 30.0 Å². The van der Waals surface area contributed by atoms with Crippen LogP contribution in [0.15, 0.2) is 47.8 Å². The van der Waals surface area contributed by atoms with Crippen LogP contribution >= 0.6 is 11.3 Å². The van der Waals surface area contributed by atoms with Gasteiger partial charge in [-0.15, -0.1) is 16.4 Å². The third-order valence-electron chi connectivity index (χ3n) is 4.76. The highest BCUT2D eigenvalue weighted by molar-refractivity contribution is 7.15. The Kier molecular flexibility index (Phi) is 6.50. The van der Waals surface area contributed by atoms with E-state index in [4.69, 9.17) is 9.47 Å². The molecule has 0 aliphatic rings. The van der Waals surface area contributed by atoms with Crippen molar-refractivity contribution < 1.29 is 23.5 Å². The van der Waals surface area contributed by atoms with Crippen LogP contribution in [0.1, 0.15) is 5.69 Å². The Labute approximate surface area is 192 Å². The molecule has 0 fully saturated rings. The number of halogens is 1. The summed E-state index contributed by atoms with van der Waals surface area (Å²) in [4.78, 5) is 29.6. The van der Waals surface area contributed by atoms with E-state index in [-0.39, 0.29) is 12.4 Å². The average Bonchev–Trinajstić information content (AvgIpc) is 3.41. The number of nitrogens with zero attached hydrogens (tertiary/aromatic N) is 3. The van der Waals surface area contributed by atoms with Crippen LogP contribution in [-0.2, 0) is 16.0 Å². The predicted octanol–water partition coefficient (Wildman–Crippen LogP) is 2.91. The van der Waals surface area contributed by atoms with E-state index in [2.05, 4.69) is 20.7 Å². The maximum atomic E-state index is 13.5.